The first-order valence-corrected chi connectivity index (χ1v) is 8.26. The van der Waals surface area contributed by atoms with Gasteiger partial charge >= 0.3 is 0 Å². The molecule has 1 heterocycles. The summed E-state index contributed by atoms with van der Waals surface area (Å²) < 4.78 is 0.855. The van der Waals surface area contributed by atoms with Crippen molar-refractivity contribution in [2.75, 3.05) is 5.84 Å². The Balaban J connectivity index is 2.28. The molecule has 7 heteroatoms. The van der Waals surface area contributed by atoms with Gasteiger partial charge in [0.15, 0.2) is 15.5 Å². The summed E-state index contributed by atoms with van der Waals surface area (Å²) >= 11 is 2.00. The third-order valence-corrected chi connectivity index (χ3v) is 3.74. The minimum Gasteiger partial charge on any atom is -0.380 e. The fourth-order valence-corrected chi connectivity index (χ4v) is 2.67. The zero-order valence-corrected chi connectivity index (χ0v) is 14.3. The Labute approximate surface area is 146 Å². The summed E-state index contributed by atoms with van der Waals surface area (Å²) in [4.78, 5) is 8.88. The van der Waals surface area contributed by atoms with Crippen molar-refractivity contribution in [3.63, 3.8) is 0 Å². The van der Waals surface area contributed by atoms with Crippen molar-refractivity contribution in [3.05, 3.63) is 71.5 Å². The Morgan fingerprint density at radius 3 is 2.43 bits per heavy atom. The number of rotatable bonds is 3. The molecule has 0 spiro atoms. The molecule has 5 N–H and O–H groups in total. The third kappa shape index (κ3) is 3.21. The maximum atomic E-state index is 10.7. The van der Waals surface area contributed by atoms with Crippen LogP contribution in [0, 0.1) is 0 Å². The first-order chi connectivity index (χ1) is 11.1. The number of aliphatic hydroxyl groups excluding tert-OH is 1. The van der Waals surface area contributed by atoms with Crippen LogP contribution in [0.3, 0.4) is 0 Å². The molecule has 2 aromatic carbocycles. The van der Waals surface area contributed by atoms with Crippen LogP contribution >= 0.6 is 22.6 Å². The molecule has 1 unspecified atom stereocenters. The monoisotopic (exact) mass is 421 g/mol. The van der Waals surface area contributed by atoms with Crippen LogP contribution in [0.4, 0.5) is 0 Å². The largest absolute Gasteiger partial charge is 0.380 e. The van der Waals surface area contributed by atoms with Crippen molar-refractivity contribution in [1.29, 1.82) is 0 Å². The number of fused-ring (bicyclic) bond motifs is 1. The van der Waals surface area contributed by atoms with E-state index in [-0.39, 0.29) is 0 Å². The van der Waals surface area contributed by atoms with Gasteiger partial charge in [-0.1, -0.05) is 42.5 Å². The van der Waals surface area contributed by atoms with Crippen LogP contribution in [-0.4, -0.2) is 18.9 Å². The summed E-state index contributed by atoms with van der Waals surface area (Å²) in [5.41, 5.74) is 7.69. The highest BCUT2D eigenvalue weighted by atomic mass is 127. The Hall–Kier alpha value is -1.97. The van der Waals surface area contributed by atoms with Crippen LogP contribution in [0.25, 0.3) is 10.9 Å². The second-order valence-corrected chi connectivity index (χ2v) is 6.27. The normalized spacial score (nSPS) is 14.8. The highest BCUT2D eigenvalue weighted by Gasteiger charge is 2.17. The van der Waals surface area contributed by atoms with E-state index in [1.54, 1.807) is 0 Å². The molecule has 0 bridgehead atoms. The number of nitrogens with zero attached hydrogens (tertiary/aromatic N) is 3. The van der Waals surface area contributed by atoms with Crippen LogP contribution < -0.4 is 17.1 Å². The molecule has 1 aromatic heterocycles. The number of benzene rings is 2. The molecule has 0 aliphatic carbocycles. The molecule has 6 nitrogen and oxygen atoms in total. The van der Waals surface area contributed by atoms with Crippen LogP contribution in [0.5, 0.6) is 0 Å². The molecule has 0 aliphatic rings. The average Bonchev–Trinajstić information content (AvgIpc) is 2.57. The van der Waals surface area contributed by atoms with Gasteiger partial charge in [-0.25, -0.2) is 14.7 Å². The van der Waals surface area contributed by atoms with E-state index in [0.29, 0.717) is 22.4 Å². The Morgan fingerprint density at radius 2 is 1.74 bits per heavy atom. The van der Waals surface area contributed by atoms with Gasteiger partial charge in [0.2, 0.25) is 0 Å². The lowest BCUT2D eigenvalue weighted by Gasteiger charge is -2.16. The lowest BCUT2D eigenvalue weighted by atomic mass is 10.1. The van der Waals surface area contributed by atoms with Crippen molar-refractivity contribution < 1.29 is 5.11 Å². The molecule has 0 saturated carbocycles. The average molecular weight is 421 g/mol. The van der Waals surface area contributed by atoms with Crippen molar-refractivity contribution in [1.82, 2.24) is 9.66 Å². The highest BCUT2D eigenvalue weighted by Crippen LogP contribution is 2.20. The molecule has 0 saturated heterocycles. The third-order valence-electron chi connectivity index (χ3n) is 3.46. The Morgan fingerprint density at radius 1 is 1.09 bits per heavy atom. The van der Waals surface area contributed by atoms with E-state index in [4.69, 9.17) is 11.6 Å². The van der Waals surface area contributed by atoms with Crippen LogP contribution in [-0.2, 0) is 0 Å². The van der Waals surface area contributed by atoms with E-state index >= 15 is 0 Å². The van der Waals surface area contributed by atoms with E-state index in [1.165, 1.54) is 4.68 Å². The SMILES string of the molecule is NC(I)N=c1c2ccccc2nc([C@H](O)c2ccccc2)n1N. The van der Waals surface area contributed by atoms with Gasteiger partial charge in [0.1, 0.15) is 6.10 Å². The second kappa shape index (κ2) is 6.65. The minimum atomic E-state index is -0.954. The lowest BCUT2D eigenvalue weighted by molar-refractivity contribution is 0.205. The molecular formula is C16H16IN5O. The van der Waals surface area contributed by atoms with Crippen molar-refractivity contribution in [2.45, 2.75) is 10.3 Å². The number of hydrogen-bond acceptors (Lipinski definition) is 5. The summed E-state index contributed by atoms with van der Waals surface area (Å²) in [6.07, 6.45) is -0.954. The summed E-state index contributed by atoms with van der Waals surface area (Å²) in [5.74, 6) is 6.49. The fraction of sp³-hybridized carbons (Fsp3) is 0.125. The van der Waals surface area contributed by atoms with E-state index < -0.39 is 10.3 Å². The zero-order valence-electron chi connectivity index (χ0n) is 12.2. The maximum absolute atomic E-state index is 10.7. The highest BCUT2D eigenvalue weighted by molar-refractivity contribution is 14.1. The van der Waals surface area contributed by atoms with Gasteiger partial charge in [0.25, 0.3) is 0 Å². The van der Waals surface area contributed by atoms with Crippen LogP contribution in [0.1, 0.15) is 17.5 Å². The quantitative estimate of drug-likeness (QED) is 0.258. The van der Waals surface area contributed by atoms with Gasteiger partial charge in [-0.2, -0.15) is 0 Å². The molecule has 23 heavy (non-hydrogen) atoms. The number of halogens is 1. The Kier molecular flexibility index (Phi) is 4.60. The molecule has 0 amide bonds. The molecule has 0 fully saturated rings. The zero-order chi connectivity index (χ0) is 16.4. The van der Waals surface area contributed by atoms with Gasteiger partial charge < -0.3 is 16.7 Å². The van der Waals surface area contributed by atoms with E-state index in [0.717, 1.165) is 5.39 Å². The van der Waals surface area contributed by atoms with E-state index in [9.17, 15) is 5.11 Å². The molecule has 3 aromatic rings. The predicted molar refractivity (Wildman–Crippen MR) is 97.9 cm³/mol. The Bertz CT molecular complexity index is 892. The minimum absolute atomic E-state index is 0.311. The maximum Gasteiger partial charge on any atom is 0.163 e. The van der Waals surface area contributed by atoms with E-state index in [1.807, 2.05) is 77.2 Å². The fourth-order valence-electron chi connectivity index (χ4n) is 2.40. The van der Waals surface area contributed by atoms with Crippen molar-refractivity contribution >= 4 is 33.5 Å². The number of para-hydroxylation sites is 1. The van der Waals surface area contributed by atoms with Gasteiger partial charge in [0.05, 0.1) is 5.52 Å². The van der Waals surface area contributed by atoms with Gasteiger partial charge in [0, 0.05) is 5.39 Å². The second-order valence-electron chi connectivity index (χ2n) is 5.00. The number of aliphatic hydroxyl groups is 1. The van der Waals surface area contributed by atoms with Crippen molar-refractivity contribution in [3.8, 4) is 0 Å². The predicted octanol–water partition coefficient (Wildman–Crippen LogP) is 1.41. The topological polar surface area (TPSA) is 102 Å². The summed E-state index contributed by atoms with van der Waals surface area (Å²) in [6.45, 7) is 0. The van der Waals surface area contributed by atoms with Gasteiger partial charge in [-0.15, -0.1) is 0 Å². The summed E-state index contributed by atoms with van der Waals surface area (Å²) in [5, 5.41) is 11.4. The summed E-state index contributed by atoms with van der Waals surface area (Å²) in [7, 11) is 0. The van der Waals surface area contributed by atoms with Crippen molar-refractivity contribution in [2.24, 2.45) is 10.7 Å². The molecule has 0 radical (unpaired) electrons. The van der Waals surface area contributed by atoms with Crippen LogP contribution in [0.2, 0.25) is 0 Å². The van der Waals surface area contributed by atoms with Gasteiger partial charge in [-0.3, -0.25) is 0 Å². The number of nitrogens with two attached hydrogens (primary N) is 2. The molecule has 118 valence electrons. The number of aromatic nitrogens is 2. The smallest absolute Gasteiger partial charge is 0.163 e. The van der Waals surface area contributed by atoms with Gasteiger partial charge in [-0.05, 0) is 40.3 Å². The lowest BCUT2D eigenvalue weighted by Crippen LogP contribution is -2.35. The number of nitrogen functional groups attached to an aromatic ring is 1. The number of alkyl halides is 1. The first-order valence-electron chi connectivity index (χ1n) is 7.01. The number of hydrogen-bond donors (Lipinski definition) is 3. The molecule has 3 rings (SSSR count). The first kappa shape index (κ1) is 15.9. The van der Waals surface area contributed by atoms with E-state index in [2.05, 4.69) is 9.98 Å². The molecular weight excluding hydrogens is 405 g/mol. The van der Waals surface area contributed by atoms with Crippen LogP contribution in [0.15, 0.2) is 59.6 Å². The molecule has 0 aliphatic heterocycles. The summed E-state index contributed by atoms with van der Waals surface area (Å²) in [6, 6.07) is 16.7. The standard InChI is InChI=1S/C16H16IN5O/c17-16(18)21-14-11-8-4-5-9-12(11)20-15(22(14)19)13(23)10-6-2-1-3-7-10/h1-9,13,16,23H,18-19H2/t13-,16?/m1/s1. The molecule has 2 atom stereocenters.